The lowest BCUT2D eigenvalue weighted by molar-refractivity contribution is 0.0925. The quantitative estimate of drug-likeness (QED) is 0.764. The highest BCUT2D eigenvalue weighted by Gasteiger charge is 2.23. The van der Waals surface area contributed by atoms with Crippen molar-refractivity contribution in [2.75, 3.05) is 24.3 Å². The Kier molecular flexibility index (Phi) is 7.73. The van der Waals surface area contributed by atoms with Crippen molar-refractivity contribution in [1.29, 1.82) is 0 Å². The molecule has 1 heterocycles. The molecule has 6 nitrogen and oxygen atoms in total. The molecule has 1 aromatic carbocycles. The summed E-state index contributed by atoms with van der Waals surface area (Å²) in [7, 11) is 3.87. The molecule has 0 saturated heterocycles. The second kappa shape index (κ2) is 9.82. The van der Waals surface area contributed by atoms with Crippen LogP contribution in [0.2, 0.25) is 0 Å². The number of amides is 1. The van der Waals surface area contributed by atoms with Crippen molar-refractivity contribution in [3.05, 3.63) is 47.3 Å². The van der Waals surface area contributed by atoms with Crippen molar-refractivity contribution in [3.8, 4) is 0 Å². The van der Waals surface area contributed by atoms with E-state index in [9.17, 15) is 13.6 Å². The number of nitrogens with one attached hydrogen (secondary N) is 2. The van der Waals surface area contributed by atoms with Crippen LogP contribution in [0.1, 0.15) is 41.9 Å². The molecule has 3 rings (SSSR count). The van der Waals surface area contributed by atoms with Gasteiger partial charge in [0.1, 0.15) is 29.1 Å². The Hall–Kier alpha value is -2.48. The normalized spacial score (nSPS) is 18.5. The van der Waals surface area contributed by atoms with Gasteiger partial charge in [0.15, 0.2) is 0 Å². The molecule has 1 aliphatic carbocycles. The van der Waals surface area contributed by atoms with Gasteiger partial charge in [-0.3, -0.25) is 4.79 Å². The van der Waals surface area contributed by atoms with Gasteiger partial charge in [-0.2, -0.15) is 0 Å². The molecule has 0 aliphatic heterocycles. The zero-order valence-electron chi connectivity index (χ0n) is 16.7. The van der Waals surface area contributed by atoms with Gasteiger partial charge >= 0.3 is 0 Å². The zero-order valence-corrected chi connectivity index (χ0v) is 17.5. The zero-order chi connectivity index (χ0) is 20.3. The van der Waals surface area contributed by atoms with Crippen molar-refractivity contribution in [1.82, 2.24) is 15.3 Å². The number of benzene rings is 1. The lowest BCUT2D eigenvalue weighted by Crippen LogP contribution is -2.40. The average Bonchev–Trinajstić information content (AvgIpc) is 2.62. The van der Waals surface area contributed by atoms with Gasteiger partial charge in [0.05, 0.1) is 0 Å². The Bertz CT molecular complexity index is 837. The minimum absolute atomic E-state index is 0. The molecular weight excluding hydrogens is 400 g/mol. The Morgan fingerprint density at radius 2 is 1.59 bits per heavy atom. The summed E-state index contributed by atoms with van der Waals surface area (Å²) in [5.74, 6) is 0.386. The first kappa shape index (κ1) is 22.8. The minimum Gasteiger partial charge on any atom is -0.367 e. The first-order valence-electron chi connectivity index (χ1n) is 9.36. The lowest BCUT2D eigenvalue weighted by Gasteiger charge is -2.30. The number of carbonyl (C=O) groups excluding carboxylic acids is 1. The molecule has 0 radical (unpaired) electrons. The van der Waals surface area contributed by atoms with E-state index in [-0.39, 0.29) is 30.1 Å². The van der Waals surface area contributed by atoms with E-state index < -0.39 is 17.5 Å². The summed E-state index contributed by atoms with van der Waals surface area (Å²) in [6.07, 6.45) is 3.29. The van der Waals surface area contributed by atoms with Gasteiger partial charge in [-0.15, -0.1) is 12.4 Å². The smallest absolute Gasteiger partial charge is 0.251 e. The molecule has 1 aliphatic rings. The third kappa shape index (κ3) is 6.25. The summed E-state index contributed by atoms with van der Waals surface area (Å²) in [6, 6.07) is 5.01. The number of hydrogen-bond acceptors (Lipinski definition) is 5. The molecule has 0 atom stereocenters. The molecule has 9 heteroatoms. The van der Waals surface area contributed by atoms with E-state index in [1.165, 1.54) is 0 Å². The van der Waals surface area contributed by atoms with Crippen LogP contribution in [0.15, 0.2) is 24.3 Å². The molecule has 29 heavy (non-hydrogen) atoms. The maximum absolute atomic E-state index is 13.3. The molecule has 1 fully saturated rings. The second-order valence-electron chi connectivity index (χ2n) is 7.38. The first-order valence-corrected chi connectivity index (χ1v) is 9.36. The number of aromatic nitrogens is 2. The van der Waals surface area contributed by atoms with E-state index in [4.69, 9.17) is 0 Å². The molecule has 158 valence electrons. The fraction of sp³-hybridized carbons (Fsp3) is 0.450. The van der Waals surface area contributed by atoms with Crippen LogP contribution in [0.25, 0.3) is 0 Å². The van der Waals surface area contributed by atoms with Crippen LogP contribution >= 0.6 is 12.4 Å². The molecule has 2 N–H and O–H groups in total. The highest BCUT2D eigenvalue weighted by Crippen LogP contribution is 2.23. The summed E-state index contributed by atoms with van der Waals surface area (Å²) in [5, 5.41) is 6.32. The predicted molar refractivity (Wildman–Crippen MR) is 112 cm³/mol. The summed E-state index contributed by atoms with van der Waals surface area (Å²) in [4.78, 5) is 23.0. The van der Waals surface area contributed by atoms with Crippen molar-refractivity contribution in [2.45, 2.75) is 44.7 Å². The summed E-state index contributed by atoms with van der Waals surface area (Å²) in [6.45, 7) is 1.86. The van der Waals surface area contributed by atoms with E-state index in [1.807, 2.05) is 32.0 Å². The summed E-state index contributed by atoms with van der Waals surface area (Å²) >= 11 is 0. The molecule has 0 unspecified atom stereocenters. The Labute approximate surface area is 175 Å². The molecule has 1 amide bonds. The molecule has 1 aromatic heterocycles. The van der Waals surface area contributed by atoms with E-state index in [2.05, 4.69) is 20.6 Å². The monoisotopic (exact) mass is 425 g/mol. The highest BCUT2D eigenvalue weighted by atomic mass is 35.5. The third-order valence-electron chi connectivity index (χ3n) is 4.82. The lowest BCUT2D eigenvalue weighted by atomic mass is 9.91. The minimum atomic E-state index is -0.754. The molecular formula is C20H26ClF2N5O. The number of carbonyl (C=O) groups is 1. The standard InChI is InChI=1S/C20H25F2N5O.ClH/c1-12-23-18(11-19(24-12)27(2)3)25-16-4-6-17(7-5-16)26-20(28)13-8-14(21)10-15(22)9-13;/h8-11,16-17H,4-7H2,1-3H3,(H,26,28)(H,23,24,25);1H. The van der Waals surface area contributed by atoms with Gasteiger partial charge in [0, 0.05) is 43.9 Å². The van der Waals surface area contributed by atoms with Gasteiger partial charge in [-0.05, 0) is 44.7 Å². The van der Waals surface area contributed by atoms with E-state index in [1.54, 1.807) is 0 Å². The number of anilines is 2. The van der Waals surface area contributed by atoms with Gasteiger partial charge < -0.3 is 15.5 Å². The molecule has 0 bridgehead atoms. The molecule has 2 aromatic rings. The predicted octanol–water partition coefficient (Wildman–Crippen LogP) is 3.70. The largest absolute Gasteiger partial charge is 0.367 e. The Morgan fingerprint density at radius 3 is 2.17 bits per heavy atom. The number of aryl methyl sites for hydroxylation is 1. The van der Waals surface area contributed by atoms with Gasteiger partial charge in [-0.25, -0.2) is 18.7 Å². The van der Waals surface area contributed by atoms with Crippen molar-refractivity contribution < 1.29 is 13.6 Å². The summed E-state index contributed by atoms with van der Waals surface area (Å²) < 4.78 is 26.6. The van der Waals surface area contributed by atoms with Crippen LogP contribution in [0.3, 0.4) is 0 Å². The van der Waals surface area contributed by atoms with Crippen LogP contribution in [0.5, 0.6) is 0 Å². The second-order valence-corrected chi connectivity index (χ2v) is 7.38. The highest BCUT2D eigenvalue weighted by molar-refractivity contribution is 5.94. The van der Waals surface area contributed by atoms with Gasteiger partial charge in [-0.1, -0.05) is 0 Å². The maximum Gasteiger partial charge on any atom is 0.251 e. The van der Waals surface area contributed by atoms with Crippen LogP contribution in [-0.2, 0) is 0 Å². The number of rotatable bonds is 5. The van der Waals surface area contributed by atoms with Crippen molar-refractivity contribution >= 4 is 29.9 Å². The van der Waals surface area contributed by atoms with Crippen molar-refractivity contribution in [2.24, 2.45) is 0 Å². The molecule has 1 saturated carbocycles. The topological polar surface area (TPSA) is 70.2 Å². The third-order valence-corrected chi connectivity index (χ3v) is 4.82. The number of hydrogen-bond donors (Lipinski definition) is 2. The maximum atomic E-state index is 13.3. The first-order chi connectivity index (χ1) is 13.3. The van der Waals surface area contributed by atoms with Crippen LogP contribution in [-0.4, -0.2) is 42.1 Å². The number of halogens is 3. The van der Waals surface area contributed by atoms with Crippen LogP contribution in [0, 0.1) is 18.6 Å². The van der Waals surface area contributed by atoms with E-state index >= 15 is 0 Å². The fourth-order valence-electron chi connectivity index (χ4n) is 3.40. The fourth-order valence-corrected chi connectivity index (χ4v) is 3.40. The SMILES string of the molecule is Cc1nc(NC2CCC(NC(=O)c3cc(F)cc(F)c3)CC2)cc(N(C)C)n1.Cl. The van der Waals surface area contributed by atoms with Crippen molar-refractivity contribution in [3.63, 3.8) is 0 Å². The number of nitrogens with zero attached hydrogens (tertiary/aromatic N) is 3. The van der Waals surface area contributed by atoms with Gasteiger partial charge in [0.2, 0.25) is 0 Å². The Balaban J connectivity index is 0.00000300. The van der Waals surface area contributed by atoms with E-state index in [0.29, 0.717) is 5.82 Å². The Morgan fingerprint density at radius 1 is 1.00 bits per heavy atom. The van der Waals surface area contributed by atoms with E-state index in [0.717, 1.165) is 55.5 Å². The van der Waals surface area contributed by atoms with Gasteiger partial charge in [0.25, 0.3) is 5.91 Å². The van der Waals surface area contributed by atoms with Crippen LogP contribution < -0.4 is 15.5 Å². The summed E-state index contributed by atoms with van der Waals surface area (Å²) in [5.41, 5.74) is 0.00502. The van der Waals surface area contributed by atoms with Crippen LogP contribution in [0.4, 0.5) is 20.4 Å². The average molecular weight is 426 g/mol. The molecule has 0 spiro atoms.